The molecule has 1 heterocycles. The summed E-state index contributed by atoms with van der Waals surface area (Å²) >= 11 is 0. The minimum Gasteiger partial charge on any atom is -0.371 e. The fourth-order valence-corrected chi connectivity index (χ4v) is 2.69. The first kappa shape index (κ1) is 15.7. The number of benzene rings is 1. The Morgan fingerprint density at radius 2 is 2.10 bits per heavy atom. The lowest BCUT2D eigenvalue weighted by Gasteiger charge is -2.20. The number of aryl methyl sites for hydroxylation is 2. The predicted molar refractivity (Wildman–Crippen MR) is 87.9 cm³/mol. The van der Waals surface area contributed by atoms with Crippen molar-refractivity contribution in [3.05, 3.63) is 29.3 Å². The first-order valence-electron chi connectivity index (χ1n) is 7.94. The highest BCUT2D eigenvalue weighted by atomic mass is 16.2. The van der Waals surface area contributed by atoms with E-state index in [9.17, 15) is 4.79 Å². The lowest BCUT2D eigenvalue weighted by molar-refractivity contribution is 0.239. The van der Waals surface area contributed by atoms with Crippen molar-refractivity contribution in [2.75, 3.05) is 31.1 Å². The van der Waals surface area contributed by atoms with Crippen molar-refractivity contribution in [1.29, 1.82) is 0 Å². The van der Waals surface area contributed by atoms with E-state index < -0.39 is 0 Å². The first-order valence-corrected chi connectivity index (χ1v) is 7.94. The summed E-state index contributed by atoms with van der Waals surface area (Å²) in [6.07, 6.45) is 2.11. The quantitative estimate of drug-likeness (QED) is 0.875. The summed E-state index contributed by atoms with van der Waals surface area (Å²) in [4.78, 5) is 14.0. The van der Waals surface area contributed by atoms with Gasteiger partial charge in [-0.05, 0) is 55.9 Å². The maximum absolute atomic E-state index is 11.6. The van der Waals surface area contributed by atoms with Crippen LogP contribution in [-0.2, 0) is 0 Å². The Bertz CT molecular complexity index is 487. The molecule has 1 aromatic rings. The van der Waals surface area contributed by atoms with E-state index in [1.807, 2.05) is 0 Å². The molecule has 0 aliphatic carbocycles. The van der Waals surface area contributed by atoms with Gasteiger partial charge in [0.15, 0.2) is 0 Å². The third kappa shape index (κ3) is 4.38. The van der Waals surface area contributed by atoms with Gasteiger partial charge in [-0.15, -0.1) is 0 Å². The summed E-state index contributed by atoms with van der Waals surface area (Å²) in [5, 5.41) is 5.82. The number of urea groups is 1. The van der Waals surface area contributed by atoms with Crippen LogP contribution in [0.15, 0.2) is 18.2 Å². The number of anilines is 1. The monoisotopic (exact) mass is 289 g/mol. The molecular weight excluding hydrogens is 262 g/mol. The number of rotatable bonds is 5. The van der Waals surface area contributed by atoms with Crippen LogP contribution < -0.4 is 15.5 Å². The number of amides is 2. The van der Waals surface area contributed by atoms with Crippen LogP contribution in [0.3, 0.4) is 0 Å². The Labute approximate surface area is 127 Å². The van der Waals surface area contributed by atoms with Gasteiger partial charge in [-0.25, -0.2) is 4.79 Å². The Morgan fingerprint density at radius 3 is 2.81 bits per heavy atom. The summed E-state index contributed by atoms with van der Waals surface area (Å²) < 4.78 is 0. The molecule has 2 rings (SSSR count). The zero-order valence-electron chi connectivity index (χ0n) is 13.4. The SMILES string of the molecule is CCCNC(=O)NCC1CCN(c2ccc(C)c(C)c2)C1. The standard InChI is InChI=1S/C17H27N3O/c1-4-8-18-17(21)19-11-15-7-9-20(12-15)16-6-5-13(2)14(3)10-16/h5-6,10,15H,4,7-9,11-12H2,1-3H3,(H2,18,19,21). The van der Waals surface area contributed by atoms with Crippen LogP contribution in [0.4, 0.5) is 10.5 Å². The molecule has 0 saturated carbocycles. The number of hydrogen-bond donors (Lipinski definition) is 2. The van der Waals surface area contributed by atoms with E-state index in [0.29, 0.717) is 5.92 Å². The van der Waals surface area contributed by atoms with Crippen LogP contribution in [0.1, 0.15) is 30.9 Å². The van der Waals surface area contributed by atoms with Crippen molar-refractivity contribution >= 4 is 11.7 Å². The molecule has 0 bridgehead atoms. The molecule has 0 spiro atoms. The second-order valence-corrected chi connectivity index (χ2v) is 6.01. The zero-order chi connectivity index (χ0) is 15.2. The highest BCUT2D eigenvalue weighted by Crippen LogP contribution is 2.25. The van der Waals surface area contributed by atoms with Gasteiger partial charge in [-0.3, -0.25) is 0 Å². The van der Waals surface area contributed by atoms with E-state index in [2.05, 4.69) is 54.5 Å². The normalized spacial score (nSPS) is 17.9. The molecule has 21 heavy (non-hydrogen) atoms. The minimum atomic E-state index is -0.0403. The lowest BCUT2D eigenvalue weighted by atomic mass is 10.1. The molecule has 1 saturated heterocycles. The van der Waals surface area contributed by atoms with Crippen molar-refractivity contribution in [3.8, 4) is 0 Å². The third-order valence-electron chi connectivity index (χ3n) is 4.23. The van der Waals surface area contributed by atoms with Crippen LogP contribution in [-0.4, -0.2) is 32.2 Å². The fourth-order valence-electron chi connectivity index (χ4n) is 2.69. The minimum absolute atomic E-state index is 0.0403. The first-order chi connectivity index (χ1) is 10.1. The molecule has 2 N–H and O–H groups in total. The molecule has 0 aromatic heterocycles. The molecule has 1 aromatic carbocycles. The van der Waals surface area contributed by atoms with Crippen LogP contribution >= 0.6 is 0 Å². The van der Waals surface area contributed by atoms with E-state index in [1.165, 1.54) is 16.8 Å². The zero-order valence-corrected chi connectivity index (χ0v) is 13.4. The van der Waals surface area contributed by atoms with Gasteiger partial charge < -0.3 is 15.5 Å². The number of nitrogens with one attached hydrogen (secondary N) is 2. The molecule has 0 radical (unpaired) electrons. The summed E-state index contributed by atoms with van der Waals surface area (Å²) in [6.45, 7) is 9.96. The third-order valence-corrected chi connectivity index (χ3v) is 4.23. The number of carbonyl (C=O) groups excluding carboxylic acids is 1. The Morgan fingerprint density at radius 1 is 1.29 bits per heavy atom. The van der Waals surface area contributed by atoms with Gasteiger partial charge in [0.25, 0.3) is 0 Å². The summed E-state index contributed by atoms with van der Waals surface area (Å²) in [5.41, 5.74) is 3.98. The van der Waals surface area contributed by atoms with Gasteiger partial charge in [0.2, 0.25) is 0 Å². The van der Waals surface area contributed by atoms with Crippen molar-refractivity contribution in [2.45, 2.75) is 33.6 Å². The molecule has 4 heteroatoms. The molecule has 1 aliphatic heterocycles. The van der Waals surface area contributed by atoms with Gasteiger partial charge in [-0.1, -0.05) is 13.0 Å². The summed E-state index contributed by atoms with van der Waals surface area (Å²) in [7, 11) is 0. The average molecular weight is 289 g/mol. The maximum Gasteiger partial charge on any atom is 0.314 e. The van der Waals surface area contributed by atoms with E-state index in [4.69, 9.17) is 0 Å². The highest BCUT2D eigenvalue weighted by Gasteiger charge is 2.23. The highest BCUT2D eigenvalue weighted by molar-refractivity contribution is 5.73. The maximum atomic E-state index is 11.6. The number of nitrogens with zero attached hydrogens (tertiary/aromatic N) is 1. The Kier molecular flexibility index (Phi) is 5.48. The second kappa shape index (κ2) is 7.34. The average Bonchev–Trinajstić information content (AvgIpc) is 2.94. The van der Waals surface area contributed by atoms with E-state index in [0.717, 1.165) is 39.0 Å². The van der Waals surface area contributed by atoms with Crippen molar-refractivity contribution < 1.29 is 4.79 Å². The van der Waals surface area contributed by atoms with Gasteiger partial charge in [0.1, 0.15) is 0 Å². The van der Waals surface area contributed by atoms with E-state index >= 15 is 0 Å². The molecule has 1 unspecified atom stereocenters. The second-order valence-electron chi connectivity index (χ2n) is 6.01. The number of hydrogen-bond acceptors (Lipinski definition) is 2. The lowest BCUT2D eigenvalue weighted by Crippen LogP contribution is -2.39. The van der Waals surface area contributed by atoms with Crippen LogP contribution in [0.2, 0.25) is 0 Å². The largest absolute Gasteiger partial charge is 0.371 e. The van der Waals surface area contributed by atoms with Crippen LogP contribution in [0.5, 0.6) is 0 Å². The molecule has 1 fully saturated rings. The molecular formula is C17H27N3O. The van der Waals surface area contributed by atoms with Crippen LogP contribution in [0, 0.1) is 19.8 Å². The number of carbonyl (C=O) groups is 1. The molecule has 1 aliphatic rings. The van der Waals surface area contributed by atoms with Gasteiger partial charge in [0, 0.05) is 31.9 Å². The predicted octanol–water partition coefficient (Wildman–Crippen LogP) is 2.84. The topological polar surface area (TPSA) is 44.4 Å². The molecule has 4 nitrogen and oxygen atoms in total. The van der Waals surface area contributed by atoms with Crippen molar-refractivity contribution in [1.82, 2.24) is 10.6 Å². The van der Waals surface area contributed by atoms with Crippen molar-refractivity contribution in [3.63, 3.8) is 0 Å². The summed E-state index contributed by atoms with van der Waals surface area (Å²) in [5.74, 6) is 0.541. The van der Waals surface area contributed by atoms with Gasteiger partial charge in [0.05, 0.1) is 0 Å². The van der Waals surface area contributed by atoms with E-state index in [1.54, 1.807) is 0 Å². The smallest absolute Gasteiger partial charge is 0.314 e. The molecule has 2 amide bonds. The van der Waals surface area contributed by atoms with Gasteiger partial charge in [-0.2, -0.15) is 0 Å². The fraction of sp³-hybridized carbons (Fsp3) is 0.588. The Hall–Kier alpha value is -1.71. The molecule has 116 valence electrons. The van der Waals surface area contributed by atoms with Crippen molar-refractivity contribution in [2.24, 2.45) is 5.92 Å². The molecule has 1 atom stereocenters. The Balaban J connectivity index is 1.80. The van der Waals surface area contributed by atoms with E-state index in [-0.39, 0.29) is 6.03 Å². The summed E-state index contributed by atoms with van der Waals surface area (Å²) in [6, 6.07) is 6.61. The van der Waals surface area contributed by atoms with Crippen LogP contribution in [0.25, 0.3) is 0 Å². The van der Waals surface area contributed by atoms with Gasteiger partial charge >= 0.3 is 6.03 Å².